The lowest BCUT2D eigenvalue weighted by Crippen LogP contribution is -2.14. The van der Waals surface area contributed by atoms with Crippen LogP contribution in [0.3, 0.4) is 0 Å². The maximum Gasteiger partial charge on any atom is 0.425 e. The van der Waals surface area contributed by atoms with E-state index in [1.807, 2.05) is 12.3 Å². The minimum absolute atomic E-state index is 0.622. The van der Waals surface area contributed by atoms with Crippen LogP contribution < -0.4 is 17.2 Å². The second-order valence-electron chi connectivity index (χ2n) is 3.72. The fourth-order valence-corrected chi connectivity index (χ4v) is 1.77. The number of nitrogens with zero attached hydrogens (tertiary/aromatic N) is 1. The van der Waals surface area contributed by atoms with Crippen LogP contribution in [0.1, 0.15) is 16.8 Å². The predicted molar refractivity (Wildman–Crippen MR) is 72.2 cm³/mol. The molecule has 19 heavy (non-hydrogen) atoms. The van der Waals surface area contributed by atoms with Gasteiger partial charge in [0.05, 0.1) is 0 Å². The van der Waals surface area contributed by atoms with Crippen molar-refractivity contribution < 1.29 is 12.6 Å². The van der Waals surface area contributed by atoms with Gasteiger partial charge in [0.15, 0.2) is 0 Å². The molecule has 0 amide bonds. The van der Waals surface area contributed by atoms with Crippen LogP contribution in [0.5, 0.6) is 0 Å². The summed E-state index contributed by atoms with van der Waals surface area (Å²) >= 11 is 0. The van der Waals surface area contributed by atoms with Crippen LogP contribution >= 0.6 is 0 Å². The molecule has 7 nitrogen and oxygen atoms in total. The van der Waals surface area contributed by atoms with E-state index in [1.54, 1.807) is 0 Å². The molecule has 0 saturated carbocycles. The standard InChI is InChI=1S/C11H20N4.O3S/c12-5-1-9-4-8-15-11(3-7-14)10(9)2-6-13;1-4(2)3/h4,8H,1-3,5-7,12-14H2;. The number of aromatic nitrogens is 1. The second-order valence-corrected chi connectivity index (χ2v) is 4.12. The molecule has 0 aliphatic rings. The van der Waals surface area contributed by atoms with Gasteiger partial charge in [0, 0.05) is 18.3 Å². The first-order valence-corrected chi connectivity index (χ1v) is 6.89. The summed E-state index contributed by atoms with van der Waals surface area (Å²) in [4.78, 5) is 4.35. The van der Waals surface area contributed by atoms with Gasteiger partial charge in [0.2, 0.25) is 0 Å². The third kappa shape index (κ3) is 7.62. The van der Waals surface area contributed by atoms with E-state index in [-0.39, 0.29) is 0 Å². The first-order valence-electron chi connectivity index (χ1n) is 5.89. The number of nitrogens with two attached hydrogens (primary N) is 3. The quantitative estimate of drug-likeness (QED) is 0.583. The highest BCUT2D eigenvalue weighted by molar-refractivity contribution is 7.59. The topological polar surface area (TPSA) is 142 Å². The molecule has 0 atom stereocenters. The molecule has 0 aliphatic heterocycles. The molecule has 6 N–H and O–H groups in total. The summed E-state index contributed by atoms with van der Waals surface area (Å²) in [5.74, 6) is 0. The van der Waals surface area contributed by atoms with Gasteiger partial charge in [0.25, 0.3) is 0 Å². The van der Waals surface area contributed by atoms with E-state index in [9.17, 15) is 0 Å². The van der Waals surface area contributed by atoms with Crippen molar-refractivity contribution in [2.45, 2.75) is 19.3 Å². The van der Waals surface area contributed by atoms with E-state index < -0.39 is 10.6 Å². The normalized spacial score (nSPS) is 9.63. The SMILES string of the molecule is NCCc1ccnc(CCN)c1CCN.O=S(=O)=O. The second kappa shape index (κ2) is 10.6. The minimum Gasteiger partial charge on any atom is -0.330 e. The summed E-state index contributed by atoms with van der Waals surface area (Å²) in [5, 5.41) is 0. The molecule has 0 saturated heterocycles. The smallest absolute Gasteiger partial charge is 0.330 e. The molecule has 0 fully saturated rings. The van der Waals surface area contributed by atoms with Crippen molar-refractivity contribution in [3.05, 3.63) is 29.1 Å². The Labute approximate surface area is 114 Å². The average Bonchev–Trinajstić information content (AvgIpc) is 2.33. The summed E-state index contributed by atoms with van der Waals surface area (Å²) < 4.78 is 25.3. The van der Waals surface area contributed by atoms with E-state index in [0.717, 1.165) is 25.0 Å². The lowest BCUT2D eigenvalue weighted by Gasteiger charge is -2.12. The van der Waals surface area contributed by atoms with Crippen LogP contribution in [-0.2, 0) is 29.9 Å². The molecule has 8 heteroatoms. The van der Waals surface area contributed by atoms with Crippen LogP contribution in [0.15, 0.2) is 12.3 Å². The Morgan fingerprint density at radius 3 is 1.95 bits per heavy atom. The molecular weight excluding hydrogens is 268 g/mol. The Morgan fingerprint density at radius 1 is 0.947 bits per heavy atom. The Hall–Kier alpha value is -1.35. The molecule has 1 heterocycles. The number of rotatable bonds is 6. The van der Waals surface area contributed by atoms with E-state index in [1.165, 1.54) is 11.1 Å². The zero-order valence-electron chi connectivity index (χ0n) is 10.7. The van der Waals surface area contributed by atoms with E-state index >= 15 is 0 Å². The monoisotopic (exact) mass is 288 g/mol. The van der Waals surface area contributed by atoms with Crippen LogP contribution in [-0.4, -0.2) is 37.2 Å². The lowest BCUT2D eigenvalue weighted by atomic mass is 9.99. The van der Waals surface area contributed by atoms with Crippen molar-refractivity contribution in [3.63, 3.8) is 0 Å². The van der Waals surface area contributed by atoms with Crippen molar-refractivity contribution in [1.29, 1.82) is 0 Å². The molecule has 0 spiro atoms. The molecule has 0 radical (unpaired) electrons. The number of hydrogen-bond acceptors (Lipinski definition) is 7. The van der Waals surface area contributed by atoms with Crippen molar-refractivity contribution >= 4 is 10.6 Å². The molecular formula is C11H20N4O3S. The Balaban J connectivity index is 0.000000711. The van der Waals surface area contributed by atoms with E-state index in [2.05, 4.69) is 4.98 Å². The molecule has 1 aromatic heterocycles. The third-order valence-electron chi connectivity index (χ3n) is 2.43. The Morgan fingerprint density at radius 2 is 1.47 bits per heavy atom. The molecule has 1 rings (SSSR count). The predicted octanol–water partition coefficient (Wildman–Crippen LogP) is -1.42. The fraction of sp³-hybridized carbons (Fsp3) is 0.545. The van der Waals surface area contributed by atoms with Gasteiger partial charge in [-0.05, 0) is 49.7 Å². The highest BCUT2D eigenvalue weighted by Gasteiger charge is 2.07. The maximum atomic E-state index is 8.44. The minimum atomic E-state index is -3.11. The van der Waals surface area contributed by atoms with Gasteiger partial charge >= 0.3 is 10.6 Å². The van der Waals surface area contributed by atoms with Crippen LogP contribution in [0, 0.1) is 0 Å². The lowest BCUT2D eigenvalue weighted by molar-refractivity contribution is 0.559. The average molecular weight is 288 g/mol. The van der Waals surface area contributed by atoms with Crippen LogP contribution in [0.2, 0.25) is 0 Å². The maximum absolute atomic E-state index is 8.44. The third-order valence-corrected chi connectivity index (χ3v) is 2.43. The van der Waals surface area contributed by atoms with Crippen molar-refractivity contribution in [2.24, 2.45) is 17.2 Å². The molecule has 108 valence electrons. The van der Waals surface area contributed by atoms with E-state index in [4.69, 9.17) is 29.8 Å². The largest absolute Gasteiger partial charge is 0.425 e. The summed E-state index contributed by atoms with van der Waals surface area (Å²) in [7, 11) is -3.11. The number of hydrogen-bond donors (Lipinski definition) is 3. The molecule has 0 aliphatic carbocycles. The van der Waals surface area contributed by atoms with Crippen molar-refractivity contribution in [1.82, 2.24) is 4.98 Å². The van der Waals surface area contributed by atoms with Crippen LogP contribution in [0.4, 0.5) is 0 Å². The Bertz CT molecular complexity index is 445. The molecule has 1 aromatic rings. The Kier molecular flexibility index (Phi) is 9.81. The van der Waals surface area contributed by atoms with Gasteiger partial charge in [-0.15, -0.1) is 12.6 Å². The van der Waals surface area contributed by atoms with Crippen molar-refractivity contribution in [2.75, 3.05) is 19.6 Å². The highest BCUT2D eigenvalue weighted by atomic mass is 32.2. The molecule has 0 bridgehead atoms. The molecule has 0 aromatic carbocycles. The first-order chi connectivity index (χ1) is 9.06. The van der Waals surface area contributed by atoms with Gasteiger partial charge in [0.1, 0.15) is 0 Å². The zero-order valence-corrected chi connectivity index (χ0v) is 11.5. The summed E-state index contributed by atoms with van der Waals surface area (Å²) in [6.45, 7) is 1.92. The number of pyridine rings is 1. The van der Waals surface area contributed by atoms with Gasteiger partial charge in [-0.25, -0.2) is 0 Å². The first kappa shape index (κ1) is 17.6. The van der Waals surface area contributed by atoms with Gasteiger partial charge in [-0.2, -0.15) is 0 Å². The summed E-state index contributed by atoms with van der Waals surface area (Å²) in [6.07, 6.45) is 4.39. The summed E-state index contributed by atoms with van der Waals surface area (Å²) in [5.41, 5.74) is 20.3. The highest BCUT2D eigenvalue weighted by Crippen LogP contribution is 2.14. The van der Waals surface area contributed by atoms with Gasteiger partial charge < -0.3 is 17.2 Å². The fourth-order valence-electron chi connectivity index (χ4n) is 1.77. The van der Waals surface area contributed by atoms with Gasteiger partial charge in [-0.1, -0.05) is 0 Å². The molecule has 0 unspecified atom stereocenters. The zero-order chi connectivity index (χ0) is 14.7. The van der Waals surface area contributed by atoms with Gasteiger partial charge in [-0.3, -0.25) is 4.98 Å². The van der Waals surface area contributed by atoms with Crippen LogP contribution in [0.25, 0.3) is 0 Å². The van der Waals surface area contributed by atoms with E-state index in [0.29, 0.717) is 19.6 Å². The summed E-state index contributed by atoms with van der Waals surface area (Å²) in [6, 6.07) is 2.03. The van der Waals surface area contributed by atoms with Crippen molar-refractivity contribution in [3.8, 4) is 0 Å².